The summed E-state index contributed by atoms with van der Waals surface area (Å²) in [6, 6.07) is 5.92. The maximum absolute atomic E-state index is 6.08. The molecule has 1 aromatic rings. The Morgan fingerprint density at radius 3 is 2.72 bits per heavy atom. The highest BCUT2D eigenvalue weighted by Gasteiger charge is 2.19. The largest absolute Gasteiger partial charge is 0.386 e. The van der Waals surface area contributed by atoms with Gasteiger partial charge in [0.1, 0.15) is 0 Å². The van der Waals surface area contributed by atoms with Crippen LogP contribution in [0.2, 0.25) is 10.0 Å². The summed E-state index contributed by atoms with van der Waals surface area (Å²) in [5.41, 5.74) is 6.99. The molecule has 1 heterocycles. The van der Waals surface area contributed by atoms with Crippen LogP contribution in [0.1, 0.15) is 31.2 Å². The zero-order chi connectivity index (χ0) is 13.1. The van der Waals surface area contributed by atoms with E-state index in [9.17, 15) is 0 Å². The standard InChI is InChI=1S/C14H18Cl2N2/c1-2-10(5-9-6-14(17)18-8-9)11-3-4-12(15)13(16)7-11/h3-4,6-7,9-10,18H,2,5,8,17H2,1H3/t9-,10?/m0/s1. The van der Waals surface area contributed by atoms with Gasteiger partial charge in [-0.25, -0.2) is 0 Å². The van der Waals surface area contributed by atoms with Crippen LogP contribution in [0.3, 0.4) is 0 Å². The van der Waals surface area contributed by atoms with Gasteiger partial charge in [0.25, 0.3) is 0 Å². The summed E-state index contributed by atoms with van der Waals surface area (Å²) >= 11 is 12.0. The lowest BCUT2D eigenvalue weighted by Gasteiger charge is -2.19. The second-order valence-corrected chi connectivity index (χ2v) is 5.59. The molecule has 2 rings (SSSR count). The molecule has 2 nitrogen and oxygen atoms in total. The Morgan fingerprint density at radius 2 is 2.17 bits per heavy atom. The zero-order valence-corrected chi connectivity index (χ0v) is 11.9. The molecular weight excluding hydrogens is 267 g/mol. The van der Waals surface area contributed by atoms with Crippen molar-refractivity contribution in [2.24, 2.45) is 11.7 Å². The number of rotatable bonds is 4. The number of benzene rings is 1. The van der Waals surface area contributed by atoms with E-state index in [1.165, 1.54) is 5.56 Å². The van der Waals surface area contributed by atoms with Crippen LogP contribution in [0.4, 0.5) is 0 Å². The third-order valence-corrected chi connectivity index (χ3v) is 4.22. The first-order valence-corrected chi connectivity index (χ1v) is 7.01. The van der Waals surface area contributed by atoms with Gasteiger partial charge in [0.2, 0.25) is 0 Å². The average molecular weight is 285 g/mol. The summed E-state index contributed by atoms with van der Waals surface area (Å²) in [5, 5.41) is 4.41. The molecule has 0 spiro atoms. The van der Waals surface area contributed by atoms with Crippen LogP contribution >= 0.6 is 23.2 Å². The maximum Gasteiger partial charge on any atom is 0.0922 e. The highest BCUT2D eigenvalue weighted by atomic mass is 35.5. The van der Waals surface area contributed by atoms with E-state index in [0.717, 1.165) is 25.2 Å². The molecule has 0 saturated carbocycles. The Bertz CT molecular complexity index is 457. The van der Waals surface area contributed by atoms with Crippen molar-refractivity contribution in [3.05, 3.63) is 45.7 Å². The van der Waals surface area contributed by atoms with Crippen molar-refractivity contribution in [2.75, 3.05) is 6.54 Å². The molecule has 0 fully saturated rings. The topological polar surface area (TPSA) is 38.0 Å². The molecule has 0 radical (unpaired) electrons. The van der Waals surface area contributed by atoms with Crippen molar-refractivity contribution in [1.82, 2.24) is 5.32 Å². The van der Waals surface area contributed by atoms with Crippen molar-refractivity contribution in [3.63, 3.8) is 0 Å². The Balaban J connectivity index is 2.10. The Morgan fingerprint density at radius 1 is 1.39 bits per heavy atom. The highest BCUT2D eigenvalue weighted by molar-refractivity contribution is 6.42. The molecule has 0 amide bonds. The average Bonchev–Trinajstić information content (AvgIpc) is 2.75. The first-order valence-electron chi connectivity index (χ1n) is 6.26. The smallest absolute Gasteiger partial charge is 0.0922 e. The first kappa shape index (κ1) is 13.6. The molecule has 0 aromatic heterocycles. The van der Waals surface area contributed by atoms with Crippen molar-refractivity contribution in [1.29, 1.82) is 0 Å². The molecule has 0 saturated heterocycles. The molecule has 0 aliphatic carbocycles. The van der Waals surface area contributed by atoms with Gasteiger partial charge in [0.15, 0.2) is 0 Å². The van der Waals surface area contributed by atoms with E-state index in [-0.39, 0.29) is 0 Å². The molecule has 3 N–H and O–H groups in total. The lowest BCUT2D eigenvalue weighted by Crippen LogP contribution is -2.17. The second kappa shape index (κ2) is 5.85. The van der Waals surface area contributed by atoms with E-state index in [1.807, 2.05) is 12.1 Å². The van der Waals surface area contributed by atoms with Gasteiger partial charge < -0.3 is 11.1 Å². The Labute approximate surface area is 118 Å². The van der Waals surface area contributed by atoms with E-state index >= 15 is 0 Å². The molecule has 18 heavy (non-hydrogen) atoms. The molecular formula is C14H18Cl2N2. The van der Waals surface area contributed by atoms with E-state index in [2.05, 4.69) is 24.4 Å². The van der Waals surface area contributed by atoms with Gasteiger partial charge in [0, 0.05) is 6.54 Å². The number of hydrogen-bond donors (Lipinski definition) is 2. The maximum atomic E-state index is 6.08. The molecule has 1 aliphatic rings. The van der Waals surface area contributed by atoms with Gasteiger partial charge in [0.05, 0.1) is 15.9 Å². The van der Waals surface area contributed by atoms with Crippen molar-refractivity contribution in [3.8, 4) is 0 Å². The summed E-state index contributed by atoms with van der Waals surface area (Å²) in [4.78, 5) is 0. The molecule has 1 unspecified atom stereocenters. The molecule has 4 heteroatoms. The minimum atomic E-state index is 0.494. The molecule has 1 aromatic carbocycles. The molecule has 0 bridgehead atoms. The molecule has 2 atom stereocenters. The predicted molar refractivity (Wildman–Crippen MR) is 77.9 cm³/mol. The van der Waals surface area contributed by atoms with Crippen molar-refractivity contribution in [2.45, 2.75) is 25.7 Å². The fourth-order valence-corrected chi connectivity index (χ4v) is 2.75. The number of nitrogens with two attached hydrogens (primary N) is 1. The van der Waals surface area contributed by atoms with Gasteiger partial charge in [-0.15, -0.1) is 0 Å². The van der Waals surface area contributed by atoms with Crippen LogP contribution in [-0.2, 0) is 0 Å². The second-order valence-electron chi connectivity index (χ2n) is 4.78. The third-order valence-electron chi connectivity index (χ3n) is 3.48. The monoisotopic (exact) mass is 284 g/mol. The minimum Gasteiger partial charge on any atom is -0.386 e. The van der Waals surface area contributed by atoms with Crippen LogP contribution in [0.15, 0.2) is 30.1 Å². The van der Waals surface area contributed by atoms with Crippen LogP contribution < -0.4 is 11.1 Å². The highest BCUT2D eigenvalue weighted by Crippen LogP contribution is 2.32. The Kier molecular flexibility index (Phi) is 4.41. The SMILES string of the molecule is CCC(C[C@H]1C=C(N)NC1)c1ccc(Cl)c(Cl)c1. The van der Waals surface area contributed by atoms with Gasteiger partial charge in [-0.05, 0) is 48.4 Å². The van der Waals surface area contributed by atoms with Crippen LogP contribution in [0.25, 0.3) is 0 Å². The Hall–Kier alpha value is -0.860. The van der Waals surface area contributed by atoms with E-state index in [4.69, 9.17) is 28.9 Å². The lowest BCUT2D eigenvalue weighted by molar-refractivity contribution is 0.502. The predicted octanol–water partition coefficient (Wildman–Crippen LogP) is 3.90. The zero-order valence-electron chi connectivity index (χ0n) is 10.4. The first-order chi connectivity index (χ1) is 8.60. The molecule has 1 aliphatic heterocycles. The van der Waals surface area contributed by atoms with E-state index in [0.29, 0.717) is 21.9 Å². The van der Waals surface area contributed by atoms with Crippen molar-refractivity contribution >= 4 is 23.2 Å². The van der Waals surface area contributed by atoms with Crippen LogP contribution in [0, 0.1) is 5.92 Å². The normalized spacial score (nSPS) is 20.4. The van der Waals surface area contributed by atoms with Crippen LogP contribution in [0.5, 0.6) is 0 Å². The quantitative estimate of drug-likeness (QED) is 0.880. The fourth-order valence-electron chi connectivity index (χ4n) is 2.44. The van der Waals surface area contributed by atoms with Gasteiger partial charge >= 0.3 is 0 Å². The third kappa shape index (κ3) is 3.12. The van der Waals surface area contributed by atoms with Gasteiger partial charge in [-0.1, -0.05) is 36.2 Å². The summed E-state index contributed by atoms with van der Waals surface area (Å²) in [6.45, 7) is 3.13. The van der Waals surface area contributed by atoms with Gasteiger partial charge in [-0.3, -0.25) is 0 Å². The number of halogens is 2. The summed E-state index contributed by atoms with van der Waals surface area (Å²) in [7, 11) is 0. The minimum absolute atomic E-state index is 0.494. The van der Waals surface area contributed by atoms with E-state index < -0.39 is 0 Å². The summed E-state index contributed by atoms with van der Waals surface area (Å²) in [6.07, 6.45) is 4.28. The van der Waals surface area contributed by atoms with Crippen molar-refractivity contribution < 1.29 is 0 Å². The molecule has 98 valence electrons. The number of nitrogens with one attached hydrogen (secondary N) is 1. The summed E-state index contributed by atoms with van der Waals surface area (Å²) in [5.74, 6) is 1.79. The van der Waals surface area contributed by atoms with Crippen LogP contribution in [-0.4, -0.2) is 6.54 Å². The summed E-state index contributed by atoms with van der Waals surface area (Å²) < 4.78 is 0. The van der Waals surface area contributed by atoms with Gasteiger partial charge in [-0.2, -0.15) is 0 Å². The fraction of sp³-hybridized carbons (Fsp3) is 0.429. The number of hydrogen-bond acceptors (Lipinski definition) is 2. The van der Waals surface area contributed by atoms with E-state index in [1.54, 1.807) is 0 Å². The lowest BCUT2D eigenvalue weighted by atomic mass is 9.87.